The number of carbonyl (C=O) groups is 1. The lowest BCUT2D eigenvalue weighted by Crippen LogP contribution is -2.46. The molecule has 94 valence electrons. The van der Waals surface area contributed by atoms with Crippen LogP contribution >= 0.6 is 0 Å². The van der Waals surface area contributed by atoms with Gasteiger partial charge in [0, 0.05) is 34.4 Å². The third-order valence-electron chi connectivity index (χ3n) is 2.05. The lowest BCUT2D eigenvalue weighted by molar-refractivity contribution is -0.115. The van der Waals surface area contributed by atoms with Crippen molar-refractivity contribution in [1.82, 2.24) is 0 Å². The Hall–Kier alpha value is -0.533. The molecule has 0 spiro atoms. The molecule has 0 aromatic rings. The summed E-state index contributed by atoms with van der Waals surface area (Å²) in [4.78, 5) is 11.2. The van der Waals surface area contributed by atoms with Crippen molar-refractivity contribution in [3.63, 3.8) is 0 Å². The molecule has 0 aromatic heterocycles. The van der Waals surface area contributed by atoms with Crippen LogP contribution in [0.5, 0.6) is 0 Å². The van der Waals surface area contributed by atoms with Gasteiger partial charge in [0.25, 0.3) is 0 Å². The molecule has 0 saturated carbocycles. The fourth-order valence-electron chi connectivity index (χ4n) is 1.07. The molecule has 0 N–H and O–H groups in total. The molecule has 0 amide bonds. The van der Waals surface area contributed by atoms with Crippen molar-refractivity contribution in [1.29, 1.82) is 0 Å². The highest BCUT2D eigenvalue weighted by Crippen LogP contribution is 2.09. The predicted molar refractivity (Wildman–Crippen MR) is 61.8 cm³/mol. The van der Waals surface area contributed by atoms with Gasteiger partial charge in [-0.05, 0) is 18.9 Å². The Morgan fingerprint density at radius 1 is 1.19 bits per heavy atom. The molecule has 0 fully saturated rings. The molecular weight excluding hydrogens is 228 g/mol. The maximum atomic E-state index is 11.2. The van der Waals surface area contributed by atoms with Gasteiger partial charge in [-0.15, -0.1) is 0 Å². The van der Waals surface area contributed by atoms with Crippen molar-refractivity contribution in [3.8, 4) is 0 Å². The van der Waals surface area contributed by atoms with Crippen LogP contribution < -0.4 is 0 Å². The molecular formula is C10H20O5Si. The number of carbonyl (C=O) groups excluding carboxylic acids is 1. The molecule has 0 saturated heterocycles. The van der Waals surface area contributed by atoms with E-state index < -0.39 is 9.05 Å². The SMILES string of the molecule is C=C(C)C(=O)CCCO[Si](OC)(OC)OC. The first-order valence-electron chi connectivity index (χ1n) is 4.99. The van der Waals surface area contributed by atoms with Crippen LogP contribution in [0.2, 0.25) is 0 Å². The second-order valence-corrected chi connectivity index (χ2v) is 5.78. The van der Waals surface area contributed by atoms with Crippen molar-refractivity contribution in [2.24, 2.45) is 0 Å². The summed E-state index contributed by atoms with van der Waals surface area (Å²) in [5.74, 6) is 0.0446. The highest BCUT2D eigenvalue weighted by molar-refractivity contribution is 6.53. The number of ketones is 1. The number of hydrogen-bond donors (Lipinski definition) is 0. The van der Waals surface area contributed by atoms with Crippen LogP contribution in [-0.4, -0.2) is 42.8 Å². The molecule has 0 radical (unpaired) electrons. The highest BCUT2D eigenvalue weighted by Gasteiger charge is 2.41. The molecule has 0 aliphatic carbocycles. The lowest BCUT2D eigenvalue weighted by atomic mass is 10.1. The number of hydrogen-bond acceptors (Lipinski definition) is 5. The normalized spacial score (nSPS) is 11.5. The van der Waals surface area contributed by atoms with E-state index in [0.29, 0.717) is 25.0 Å². The topological polar surface area (TPSA) is 54.0 Å². The second-order valence-electron chi connectivity index (χ2n) is 3.27. The van der Waals surface area contributed by atoms with Crippen LogP contribution in [0.4, 0.5) is 0 Å². The smallest absolute Gasteiger partial charge is 0.355 e. The van der Waals surface area contributed by atoms with Crippen molar-refractivity contribution in [2.75, 3.05) is 27.9 Å². The van der Waals surface area contributed by atoms with Gasteiger partial charge in [-0.25, -0.2) is 0 Å². The van der Waals surface area contributed by atoms with E-state index in [-0.39, 0.29) is 5.78 Å². The Morgan fingerprint density at radius 2 is 1.69 bits per heavy atom. The van der Waals surface area contributed by atoms with Crippen LogP contribution in [0, 0.1) is 0 Å². The van der Waals surface area contributed by atoms with Gasteiger partial charge in [-0.1, -0.05) is 6.58 Å². The highest BCUT2D eigenvalue weighted by atomic mass is 28.4. The molecule has 0 bridgehead atoms. The maximum absolute atomic E-state index is 11.2. The monoisotopic (exact) mass is 248 g/mol. The summed E-state index contributed by atoms with van der Waals surface area (Å²) in [6.45, 7) is 5.63. The number of allylic oxidation sites excluding steroid dienone is 1. The van der Waals surface area contributed by atoms with E-state index in [2.05, 4.69) is 6.58 Å². The molecule has 0 heterocycles. The van der Waals surface area contributed by atoms with E-state index in [1.165, 1.54) is 21.3 Å². The Balaban J connectivity index is 3.88. The van der Waals surface area contributed by atoms with Crippen LogP contribution in [0.25, 0.3) is 0 Å². The molecule has 5 nitrogen and oxygen atoms in total. The quantitative estimate of drug-likeness (QED) is 0.350. The summed E-state index contributed by atoms with van der Waals surface area (Å²) in [6, 6.07) is 0. The molecule has 0 aliphatic heterocycles. The Bertz CT molecular complexity index is 229. The second kappa shape index (κ2) is 7.69. The Kier molecular flexibility index (Phi) is 7.44. The van der Waals surface area contributed by atoms with Gasteiger partial charge in [0.15, 0.2) is 5.78 Å². The molecule has 0 atom stereocenters. The van der Waals surface area contributed by atoms with E-state index >= 15 is 0 Å². The van der Waals surface area contributed by atoms with Crippen molar-refractivity contribution >= 4 is 14.8 Å². The lowest BCUT2D eigenvalue weighted by Gasteiger charge is -2.22. The zero-order valence-electron chi connectivity index (χ0n) is 10.4. The minimum Gasteiger partial charge on any atom is -0.355 e. The van der Waals surface area contributed by atoms with Crippen LogP contribution in [0.3, 0.4) is 0 Å². The summed E-state index contributed by atoms with van der Waals surface area (Å²) < 4.78 is 20.6. The first kappa shape index (κ1) is 15.5. The van der Waals surface area contributed by atoms with Crippen LogP contribution in [-0.2, 0) is 22.5 Å². The van der Waals surface area contributed by atoms with Crippen molar-refractivity contribution < 1.29 is 22.5 Å². The number of Topliss-reactive ketones (excluding diaryl/α,β-unsaturated/α-hetero) is 1. The van der Waals surface area contributed by atoms with Gasteiger partial charge < -0.3 is 17.7 Å². The van der Waals surface area contributed by atoms with E-state index in [1.54, 1.807) is 6.92 Å². The summed E-state index contributed by atoms with van der Waals surface area (Å²) in [5.41, 5.74) is 0.564. The minimum absolute atomic E-state index is 0.0446. The first-order valence-corrected chi connectivity index (χ1v) is 6.62. The minimum atomic E-state index is -2.95. The van der Waals surface area contributed by atoms with E-state index in [1.807, 2.05) is 0 Å². The fourth-order valence-corrected chi connectivity index (χ4v) is 2.32. The van der Waals surface area contributed by atoms with Crippen molar-refractivity contribution in [3.05, 3.63) is 12.2 Å². The average Bonchev–Trinajstić information content (AvgIpc) is 2.30. The third kappa shape index (κ3) is 5.00. The predicted octanol–water partition coefficient (Wildman–Crippen LogP) is 1.30. The zero-order chi connectivity index (χ0) is 12.6. The van der Waals surface area contributed by atoms with Crippen LogP contribution in [0.1, 0.15) is 19.8 Å². The average molecular weight is 248 g/mol. The van der Waals surface area contributed by atoms with Crippen LogP contribution in [0.15, 0.2) is 12.2 Å². The van der Waals surface area contributed by atoms with Gasteiger partial charge in [0.1, 0.15) is 0 Å². The van der Waals surface area contributed by atoms with Gasteiger partial charge in [0.2, 0.25) is 0 Å². The molecule has 0 aromatic carbocycles. The third-order valence-corrected chi connectivity index (χ3v) is 4.11. The Labute approximate surface area is 97.8 Å². The largest absolute Gasteiger partial charge is 0.678 e. The standard InChI is InChI=1S/C10H20O5Si/c1-9(2)10(11)7-6-8-15-16(12-3,13-4)14-5/h1,6-8H2,2-5H3. The van der Waals surface area contributed by atoms with E-state index in [9.17, 15) is 4.79 Å². The molecule has 16 heavy (non-hydrogen) atoms. The molecule has 0 unspecified atom stereocenters. The summed E-state index contributed by atoms with van der Waals surface area (Å²) in [6.07, 6.45) is 1.01. The first-order chi connectivity index (χ1) is 7.51. The van der Waals surface area contributed by atoms with Gasteiger partial charge in [0.05, 0.1) is 0 Å². The molecule has 6 heteroatoms. The molecule has 0 rings (SSSR count). The summed E-state index contributed by atoms with van der Waals surface area (Å²) in [5, 5.41) is 0. The number of rotatable bonds is 9. The van der Waals surface area contributed by atoms with Crippen molar-refractivity contribution in [2.45, 2.75) is 19.8 Å². The fraction of sp³-hybridized carbons (Fsp3) is 0.700. The Morgan fingerprint density at radius 3 is 2.06 bits per heavy atom. The summed E-state index contributed by atoms with van der Waals surface area (Å²) >= 11 is 0. The van der Waals surface area contributed by atoms with E-state index in [0.717, 1.165) is 0 Å². The maximum Gasteiger partial charge on any atom is 0.678 e. The van der Waals surface area contributed by atoms with Gasteiger partial charge in [-0.3, -0.25) is 4.79 Å². The van der Waals surface area contributed by atoms with Gasteiger partial charge in [-0.2, -0.15) is 0 Å². The van der Waals surface area contributed by atoms with E-state index in [4.69, 9.17) is 17.7 Å². The summed E-state index contributed by atoms with van der Waals surface area (Å²) in [7, 11) is 1.46. The van der Waals surface area contributed by atoms with Gasteiger partial charge >= 0.3 is 9.05 Å². The zero-order valence-corrected chi connectivity index (χ0v) is 11.4. The molecule has 0 aliphatic rings.